The fraction of sp³-hybridized carbons (Fsp3) is 0.500. The molecule has 2 rings (SSSR count). The summed E-state index contributed by atoms with van der Waals surface area (Å²) in [5, 5.41) is 22.7. The van der Waals surface area contributed by atoms with Crippen LogP contribution < -0.4 is 4.84 Å². The largest absolute Gasteiger partial charge is 0.335 e. The lowest BCUT2D eigenvalue weighted by Gasteiger charge is -2.16. The van der Waals surface area contributed by atoms with Crippen LogP contribution in [0.3, 0.4) is 0 Å². The molecule has 0 saturated carbocycles. The van der Waals surface area contributed by atoms with Crippen molar-refractivity contribution in [1.29, 1.82) is 10.5 Å². The zero-order valence-corrected chi connectivity index (χ0v) is 12.4. The van der Waals surface area contributed by atoms with Crippen molar-refractivity contribution in [2.45, 2.75) is 52.4 Å². The van der Waals surface area contributed by atoms with E-state index >= 15 is 0 Å². The Morgan fingerprint density at radius 1 is 1.05 bits per heavy atom. The first-order valence-corrected chi connectivity index (χ1v) is 7.21. The molecule has 0 atom stereocenters. The molecule has 0 bridgehead atoms. The van der Waals surface area contributed by atoms with Crippen LogP contribution in [0.4, 0.5) is 0 Å². The Labute approximate surface area is 124 Å². The van der Waals surface area contributed by atoms with Crippen LogP contribution >= 0.6 is 0 Å². The summed E-state index contributed by atoms with van der Waals surface area (Å²) in [6.07, 6.45) is 6.03. The van der Waals surface area contributed by atoms with E-state index in [9.17, 15) is 10.5 Å². The predicted octanol–water partition coefficient (Wildman–Crippen LogP) is 3.26. The molecule has 1 aliphatic carbocycles. The van der Waals surface area contributed by atoms with Crippen molar-refractivity contribution in [3.05, 3.63) is 22.4 Å². The van der Waals surface area contributed by atoms with Gasteiger partial charge in [0.05, 0.1) is 11.3 Å². The van der Waals surface area contributed by atoms with Gasteiger partial charge in [-0.25, -0.2) is 4.98 Å². The molecule has 0 aromatic carbocycles. The Bertz CT molecular complexity index is 646. The number of nitrogens with zero attached hydrogens (tertiary/aromatic N) is 4. The number of hydrogen-bond donors (Lipinski definition) is 0. The van der Waals surface area contributed by atoms with Crippen LogP contribution in [-0.4, -0.2) is 10.7 Å². The quantitative estimate of drug-likeness (QED) is 0.615. The van der Waals surface area contributed by atoms with Gasteiger partial charge in [0.2, 0.25) is 0 Å². The smallest absolute Gasteiger partial charge is 0.268 e. The molecule has 0 amide bonds. The maximum atomic E-state index is 9.45. The molecule has 0 N–H and O–H groups in total. The van der Waals surface area contributed by atoms with Crippen molar-refractivity contribution in [2.24, 2.45) is 5.16 Å². The molecular weight excluding hydrogens is 264 g/mol. The summed E-state index contributed by atoms with van der Waals surface area (Å²) in [6, 6.07) is 4.21. The first-order valence-electron chi connectivity index (χ1n) is 7.21. The molecule has 21 heavy (non-hydrogen) atoms. The first-order chi connectivity index (χ1) is 10.2. The Hall–Kier alpha value is -2.40. The lowest BCUT2D eigenvalue weighted by Crippen LogP contribution is -2.09. The standard InChI is InChI=1S/C16H18N4O/c1-11(2)20-21-16-14(10-18)13(9-17)12-7-5-3-4-6-8-15(12)19-16/h3-8H2,1-2H3. The van der Waals surface area contributed by atoms with Gasteiger partial charge in [0.15, 0.2) is 0 Å². The molecule has 1 aromatic rings. The molecule has 1 aromatic heterocycles. The molecule has 0 unspecified atom stereocenters. The van der Waals surface area contributed by atoms with E-state index in [1.165, 1.54) is 6.42 Å². The van der Waals surface area contributed by atoms with E-state index in [4.69, 9.17) is 4.84 Å². The highest BCUT2D eigenvalue weighted by Gasteiger charge is 2.21. The van der Waals surface area contributed by atoms with Crippen molar-refractivity contribution < 1.29 is 4.84 Å². The minimum Gasteiger partial charge on any atom is -0.335 e. The zero-order valence-electron chi connectivity index (χ0n) is 12.4. The van der Waals surface area contributed by atoms with Crippen LogP contribution in [0.25, 0.3) is 0 Å². The van der Waals surface area contributed by atoms with Crippen LogP contribution in [0.15, 0.2) is 5.16 Å². The van der Waals surface area contributed by atoms with Crippen LogP contribution in [0.2, 0.25) is 0 Å². The van der Waals surface area contributed by atoms with Gasteiger partial charge in [-0.2, -0.15) is 10.5 Å². The van der Waals surface area contributed by atoms with E-state index in [1.807, 2.05) is 6.07 Å². The third-order valence-electron chi connectivity index (χ3n) is 3.48. The summed E-state index contributed by atoms with van der Waals surface area (Å²) < 4.78 is 0. The Kier molecular flexibility index (Phi) is 4.90. The molecule has 0 spiro atoms. The van der Waals surface area contributed by atoms with Crippen molar-refractivity contribution >= 4 is 5.71 Å². The van der Waals surface area contributed by atoms with Gasteiger partial charge in [-0.1, -0.05) is 18.0 Å². The van der Waals surface area contributed by atoms with Gasteiger partial charge in [-0.3, -0.25) is 0 Å². The molecule has 0 saturated heterocycles. The van der Waals surface area contributed by atoms with Gasteiger partial charge in [0, 0.05) is 5.69 Å². The summed E-state index contributed by atoms with van der Waals surface area (Å²) in [6.45, 7) is 3.59. The summed E-state index contributed by atoms with van der Waals surface area (Å²) in [4.78, 5) is 9.74. The van der Waals surface area contributed by atoms with E-state index < -0.39 is 0 Å². The monoisotopic (exact) mass is 282 g/mol. The second-order valence-corrected chi connectivity index (χ2v) is 5.36. The maximum absolute atomic E-state index is 9.45. The fourth-order valence-electron chi connectivity index (χ4n) is 2.50. The fourth-order valence-corrected chi connectivity index (χ4v) is 2.50. The Morgan fingerprint density at radius 3 is 2.33 bits per heavy atom. The van der Waals surface area contributed by atoms with Gasteiger partial charge in [-0.15, -0.1) is 0 Å². The van der Waals surface area contributed by atoms with E-state index in [2.05, 4.69) is 16.2 Å². The highest BCUT2D eigenvalue weighted by Crippen LogP contribution is 2.29. The predicted molar refractivity (Wildman–Crippen MR) is 79.0 cm³/mol. The number of aryl methyl sites for hydroxylation is 1. The minimum atomic E-state index is 0.148. The lowest BCUT2D eigenvalue weighted by atomic mass is 9.92. The molecule has 5 heteroatoms. The van der Waals surface area contributed by atoms with Crippen molar-refractivity contribution in [3.63, 3.8) is 0 Å². The zero-order chi connectivity index (χ0) is 15.2. The molecular formula is C16H18N4O. The van der Waals surface area contributed by atoms with Gasteiger partial charge in [0.1, 0.15) is 17.7 Å². The summed E-state index contributed by atoms with van der Waals surface area (Å²) in [5.74, 6) is 0.148. The Balaban J connectivity index is 2.57. The normalized spacial score (nSPS) is 13.9. The number of fused-ring (bicyclic) bond motifs is 1. The molecule has 108 valence electrons. The van der Waals surface area contributed by atoms with Crippen LogP contribution in [0.1, 0.15) is 61.9 Å². The molecule has 1 aliphatic rings. The number of pyridine rings is 1. The Morgan fingerprint density at radius 2 is 1.71 bits per heavy atom. The highest BCUT2D eigenvalue weighted by molar-refractivity contribution is 5.78. The molecule has 1 heterocycles. The van der Waals surface area contributed by atoms with Crippen LogP contribution in [-0.2, 0) is 12.8 Å². The number of aromatic nitrogens is 1. The van der Waals surface area contributed by atoms with Crippen molar-refractivity contribution in [3.8, 4) is 18.0 Å². The molecule has 0 radical (unpaired) electrons. The minimum absolute atomic E-state index is 0.148. The lowest BCUT2D eigenvalue weighted by molar-refractivity contribution is 0.324. The van der Waals surface area contributed by atoms with Gasteiger partial charge < -0.3 is 4.84 Å². The number of hydrogen-bond acceptors (Lipinski definition) is 5. The van der Waals surface area contributed by atoms with E-state index in [1.54, 1.807) is 13.8 Å². The van der Waals surface area contributed by atoms with Gasteiger partial charge >= 0.3 is 0 Å². The van der Waals surface area contributed by atoms with Crippen molar-refractivity contribution in [1.82, 2.24) is 4.98 Å². The third-order valence-corrected chi connectivity index (χ3v) is 3.48. The number of nitriles is 2. The van der Waals surface area contributed by atoms with Crippen molar-refractivity contribution in [2.75, 3.05) is 0 Å². The van der Waals surface area contributed by atoms with E-state index in [-0.39, 0.29) is 11.4 Å². The average Bonchev–Trinajstić information content (AvgIpc) is 2.44. The van der Waals surface area contributed by atoms with Crippen LogP contribution in [0.5, 0.6) is 5.88 Å². The summed E-state index contributed by atoms with van der Waals surface area (Å²) in [5.41, 5.74) is 3.12. The molecule has 5 nitrogen and oxygen atoms in total. The van der Waals surface area contributed by atoms with E-state index in [0.29, 0.717) is 5.56 Å². The van der Waals surface area contributed by atoms with Crippen LogP contribution in [0, 0.1) is 22.7 Å². The number of rotatable bonds is 2. The maximum Gasteiger partial charge on any atom is 0.268 e. The highest BCUT2D eigenvalue weighted by atomic mass is 16.6. The summed E-state index contributed by atoms with van der Waals surface area (Å²) >= 11 is 0. The summed E-state index contributed by atoms with van der Waals surface area (Å²) in [7, 11) is 0. The molecule has 0 fully saturated rings. The van der Waals surface area contributed by atoms with Gasteiger partial charge in [0.25, 0.3) is 5.88 Å². The second kappa shape index (κ2) is 6.85. The van der Waals surface area contributed by atoms with E-state index in [0.717, 1.165) is 49.1 Å². The topological polar surface area (TPSA) is 82.1 Å². The third kappa shape index (κ3) is 3.38. The molecule has 0 aliphatic heterocycles. The second-order valence-electron chi connectivity index (χ2n) is 5.36. The SMILES string of the molecule is CC(C)=NOc1nc2c(c(C#N)c1C#N)CCCCCC2. The first kappa shape index (κ1) is 15.0. The number of oxime groups is 1. The van der Waals surface area contributed by atoms with Gasteiger partial charge in [-0.05, 0) is 45.1 Å². The average molecular weight is 282 g/mol.